The third-order valence-electron chi connectivity index (χ3n) is 5.09. The molecule has 0 radical (unpaired) electrons. The zero-order chi connectivity index (χ0) is 20.4. The van der Waals surface area contributed by atoms with Gasteiger partial charge in [-0.3, -0.25) is 4.79 Å². The Hall–Kier alpha value is -2.77. The van der Waals surface area contributed by atoms with Crippen molar-refractivity contribution in [2.45, 2.75) is 18.8 Å². The highest BCUT2D eigenvalue weighted by Gasteiger charge is 2.21. The van der Waals surface area contributed by atoms with Gasteiger partial charge in [-0.05, 0) is 31.0 Å². The van der Waals surface area contributed by atoms with Gasteiger partial charge in [0, 0.05) is 42.6 Å². The molecular weight excluding hydrogens is 394 g/mol. The molecule has 0 atom stereocenters. The summed E-state index contributed by atoms with van der Waals surface area (Å²) < 4.78 is 18.1. The average Bonchev–Trinajstić information content (AvgIpc) is 3.16. The van der Waals surface area contributed by atoms with Gasteiger partial charge in [0.1, 0.15) is 17.1 Å². The van der Waals surface area contributed by atoms with Gasteiger partial charge in [0.2, 0.25) is 0 Å². The van der Waals surface area contributed by atoms with Gasteiger partial charge in [-0.1, -0.05) is 11.6 Å². The van der Waals surface area contributed by atoms with Crippen LogP contribution in [-0.2, 0) is 4.74 Å². The van der Waals surface area contributed by atoms with E-state index < -0.39 is 0 Å². The number of rotatable bonds is 5. The van der Waals surface area contributed by atoms with Crippen LogP contribution in [0.5, 0.6) is 11.5 Å². The Kier molecular flexibility index (Phi) is 5.60. The summed E-state index contributed by atoms with van der Waals surface area (Å²) >= 11 is 6.06. The lowest BCUT2D eigenvalue weighted by molar-refractivity contribution is 0.0846. The summed E-state index contributed by atoms with van der Waals surface area (Å²) in [5.41, 5.74) is 2.61. The summed E-state index contributed by atoms with van der Waals surface area (Å²) in [7, 11) is 3.07. The second-order valence-electron chi connectivity index (χ2n) is 6.87. The number of carbonyl (C=O) groups excluding carboxylic acids is 1. The van der Waals surface area contributed by atoms with E-state index in [1.54, 1.807) is 30.5 Å². The second kappa shape index (κ2) is 8.31. The maximum absolute atomic E-state index is 13.0. The molecule has 1 fully saturated rings. The van der Waals surface area contributed by atoms with Gasteiger partial charge in [-0.2, -0.15) is 0 Å². The van der Waals surface area contributed by atoms with Crippen molar-refractivity contribution in [3.63, 3.8) is 0 Å². The highest BCUT2D eigenvalue weighted by molar-refractivity contribution is 6.31. The standard InChI is InChI=1S/C21H22ClN3O4/c1-27-18-4-3-14(22)9-16(18)24-21(26)15-11-25-12-17(13-5-7-29-8-6-13)23-20(25)10-19(15)28-2/h3-4,9-13H,5-8H2,1-2H3,(H,24,26). The smallest absolute Gasteiger partial charge is 0.261 e. The van der Waals surface area contributed by atoms with Crippen molar-refractivity contribution in [2.24, 2.45) is 0 Å². The fourth-order valence-corrected chi connectivity index (χ4v) is 3.70. The van der Waals surface area contributed by atoms with E-state index in [1.807, 2.05) is 10.6 Å². The fourth-order valence-electron chi connectivity index (χ4n) is 3.53. The molecule has 3 heterocycles. The van der Waals surface area contributed by atoms with E-state index in [0.717, 1.165) is 37.4 Å². The SMILES string of the molecule is COc1ccc(Cl)cc1NC(=O)c1cn2cc(C3CCOCC3)nc2cc1OC. The Morgan fingerprint density at radius 1 is 1.17 bits per heavy atom. The molecule has 1 N–H and O–H groups in total. The number of imidazole rings is 1. The van der Waals surface area contributed by atoms with E-state index >= 15 is 0 Å². The first-order valence-electron chi connectivity index (χ1n) is 9.38. The van der Waals surface area contributed by atoms with Gasteiger partial charge in [0.05, 0.1) is 31.2 Å². The summed E-state index contributed by atoms with van der Waals surface area (Å²) in [6.07, 6.45) is 5.60. The number of nitrogens with one attached hydrogen (secondary N) is 1. The Morgan fingerprint density at radius 3 is 2.66 bits per heavy atom. The lowest BCUT2D eigenvalue weighted by Crippen LogP contribution is -2.15. The minimum Gasteiger partial charge on any atom is -0.496 e. The van der Waals surface area contributed by atoms with Crippen LogP contribution in [0.15, 0.2) is 36.7 Å². The molecule has 0 aliphatic carbocycles. The van der Waals surface area contributed by atoms with Crippen LogP contribution in [-0.4, -0.2) is 42.7 Å². The number of benzene rings is 1. The normalized spacial score (nSPS) is 14.7. The first-order chi connectivity index (χ1) is 14.1. The number of carbonyl (C=O) groups is 1. The van der Waals surface area contributed by atoms with Crippen LogP contribution in [0.4, 0.5) is 5.69 Å². The molecule has 8 heteroatoms. The average molecular weight is 416 g/mol. The van der Waals surface area contributed by atoms with Crippen LogP contribution in [0.25, 0.3) is 5.65 Å². The van der Waals surface area contributed by atoms with Crippen molar-refractivity contribution in [3.8, 4) is 11.5 Å². The van der Waals surface area contributed by atoms with E-state index in [2.05, 4.69) is 5.32 Å². The monoisotopic (exact) mass is 415 g/mol. The number of halogens is 1. The maximum atomic E-state index is 13.0. The molecule has 1 aliphatic heterocycles. The predicted octanol–water partition coefficient (Wildman–Crippen LogP) is 4.15. The third-order valence-corrected chi connectivity index (χ3v) is 5.32. The fraction of sp³-hybridized carbons (Fsp3) is 0.333. The predicted molar refractivity (Wildman–Crippen MR) is 110 cm³/mol. The number of ether oxygens (including phenoxy) is 3. The molecule has 1 amide bonds. The van der Waals surface area contributed by atoms with Crippen molar-refractivity contribution in [3.05, 3.63) is 52.9 Å². The largest absolute Gasteiger partial charge is 0.496 e. The second-order valence-corrected chi connectivity index (χ2v) is 7.31. The van der Waals surface area contributed by atoms with Crippen LogP contribution in [0.3, 0.4) is 0 Å². The summed E-state index contributed by atoms with van der Waals surface area (Å²) in [6, 6.07) is 6.82. The number of aromatic nitrogens is 2. The van der Waals surface area contributed by atoms with Crippen LogP contribution in [0.1, 0.15) is 34.8 Å². The topological polar surface area (TPSA) is 74.1 Å². The summed E-state index contributed by atoms with van der Waals surface area (Å²) in [5.74, 6) is 1.00. The molecule has 0 unspecified atom stereocenters. The van der Waals surface area contributed by atoms with E-state index in [1.165, 1.54) is 14.2 Å². The Morgan fingerprint density at radius 2 is 1.93 bits per heavy atom. The van der Waals surface area contributed by atoms with Crippen LogP contribution >= 0.6 is 11.6 Å². The van der Waals surface area contributed by atoms with Gasteiger partial charge >= 0.3 is 0 Å². The molecule has 152 valence electrons. The first kappa shape index (κ1) is 19.5. The molecule has 1 saturated heterocycles. The number of anilines is 1. The Labute approximate surface area is 173 Å². The van der Waals surface area contributed by atoms with E-state index in [0.29, 0.717) is 33.7 Å². The van der Waals surface area contributed by atoms with Gasteiger partial charge in [-0.25, -0.2) is 4.98 Å². The molecular formula is C21H22ClN3O4. The molecule has 0 saturated carbocycles. The van der Waals surface area contributed by atoms with Crippen LogP contribution in [0.2, 0.25) is 5.02 Å². The van der Waals surface area contributed by atoms with Crippen molar-refractivity contribution < 1.29 is 19.0 Å². The Balaban J connectivity index is 1.67. The van der Waals surface area contributed by atoms with Crippen molar-refractivity contribution >= 4 is 28.8 Å². The number of nitrogens with zero attached hydrogens (tertiary/aromatic N) is 2. The Bertz CT molecular complexity index is 1040. The van der Waals surface area contributed by atoms with E-state index in [9.17, 15) is 4.79 Å². The first-order valence-corrected chi connectivity index (χ1v) is 9.76. The van der Waals surface area contributed by atoms with Gasteiger partial charge in [-0.15, -0.1) is 0 Å². The van der Waals surface area contributed by atoms with Gasteiger partial charge in [0.25, 0.3) is 5.91 Å². The third kappa shape index (κ3) is 4.02. The lowest BCUT2D eigenvalue weighted by Gasteiger charge is -2.19. The zero-order valence-corrected chi connectivity index (χ0v) is 17.0. The van der Waals surface area contributed by atoms with E-state index in [-0.39, 0.29) is 5.91 Å². The molecule has 4 rings (SSSR count). The number of hydrogen-bond donors (Lipinski definition) is 1. The molecule has 7 nitrogen and oxygen atoms in total. The van der Waals surface area contributed by atoms with Crippen LogP contribution < -0.4 is 14.8 Å². The summed E-state index contributed by atoms with van der Waals surface area (Å²) in [5, 5.41) is 3.35. The minimum atomic E-state index is -0.328. The molecule has 29 heavy (non-hydrogen) atoms. The van der Waals surface area contributed by atoms with E-state index in [4.69, 9.17) is 30.8 Å². The molecule has 0 spiro atoms. The highest BCUT2D eigenvalue weighted by atomic mass is 35.5. The molecule has 0 bridgehead atoms. The molecule has 1 aliphatic rings. The molecule has 2 aromatic heterocycles. The number of fused-ring (bicyclic) bond motifs is 1. The number of amides is 1. The summed E-state index contributed by atoms with van der Waals surface area (Å²) in [6.45, 7) is 1.49. The summed E-state index contributed by atoms with van der Waals surface area (Å²) in [4.78, 5) is 17.7. The zero-order valence-electron chi connectivity index (χ0n) is 16.3. The quantitative estimate of drug-likeness (QED) is 0.677. The minimum absolute atomic E-state index is 0.328. The lowest BCUT2D eigenvalue weighted by atomic mass is 9.97. The molecule has 1 aromatic carbocycles. The molecule has 3 aromatic rings. The van der Waals surface area contributed by atoms with Gasteiger partial charge < -0.3 is 23.9 Å². The van der Waals surface area contributed by atoms with Crippen molar-refractivity contribution in [1.29, 1.82) is 0 Å². The number of hydrogen-bond acceptors (Lipinski definition) is 5. The number of methoxy groups -OCH3 is 2. The highest BCUT2D eigenvalue weighted by Crippen LogP contribution is 2.31. The van der Waals surface area contributed by atoms with Crippen LogP contribution in [0, 0.1) is 0 Å². The number of pyridine rings is 1. The maximum Gasteiger partial charge on any atom is 0.261 e. The van der Waals surface area contributed by atoms with Crippen molar-refractivity contribution in [2.75, 3.05) is 32.8 Å². The van der Waals surface area contributed by atoms with Crippen molar-refractivity contribution in [1.82, 2.24) is 9.38 Å². The van der Waals surface area contributed by atoms with Gasteiger partial charge in [0.15, 0.2) is 0 Å².